The number of nitrogens with zero attached hydrogens (tertiary/aromatic N) is 2. The van der Waals surface area contributed by atoms with Crippen molar-refractivity contribution < 1.29 is 4.79 Å². The van der Waals surface area contributed by atoms with Crippen molar-refractivity contribution in [3.05, 3.63) is 70.2 Å². The van der Waals surface area contributed by atoms with E-state index in [4.69, 9.17) is 11.6 Å². The first-order valence-corrected chi connectivity index (χ1v) is 8.53. The molecule has 0 spiro atoms. The molecule has 0 unspecified atom stereocenters. The van der Waals surface area contributed by atoms with Crippen LogP contribution in [0.25, 0.3) is 0 Å². The summed E-state index contributed by atoms with van der Waals surface area (Å²) < 4.78 is 0. The van der Waals surface area contributed by atoms with Gasteiger partial charge in [-0.25, -0.2) is 4.79 Å². The minimum atomic E-state index is -0.368. The number of halogens is 1. The summed E-state index contributed by atoms with van der Waals surface area (Å²) in [4.78, 5) is 12.0. The van der Waals surface area contributed by atoms with Crippen molar-refractivity contribution in [1.29, 1.82) is 0 Å². The average molecular weight is 359 g/mol. The zero-order valence-electron chi connectivity index (χ0n) is 12.9. The number of benzene rings is 2. The van der Waals surface area contributed by atoms with Gasteiger partial charge in [0.25, 0.3) is 0 Å². The smallest absolute Gasteiger partial charge is 0.308 e. The average Bonchev–Trinajstić information content (AvgIpc) is 3.05. The second kappa shape index (κ2) is 7.42. The second-order valence-corrected chi connectivity index (χ2v) is 6.61. The minimum Gasteiger partial charge on any atom is -0.308 e. The van der Waals surface area contributed by atoms with Crippen molar-refractivity contribution in [1.82, 2.24) is 10.2 Å². The highest BCUT2D eigenvalue weighted by Crippen LogP contribution is 2.28. The summed E-state index contributed by atoms with van der Waals surface area (Å²) in [7, 11) is 0. The first-order chi connectivity index (χ1) is 11.6. The second-order valence-electron chi connectivity index (χ2n) is 5.16. The first kappa shape index (κ1) is 16.4. The molecule has 0 bridgehead atoms. The largest absolute Gasteiger partial charge is 0.325 e. The van der Waals surface area contributed by atoms with Gasteiger partial charge in [0.05, 0.1) is 0 Å². The SMILES string of the molecule is C[C@H](c1ccccc1)c1nnc(NC(=O)Nc2ccc(Cl)cc2)s1. The van der Waals surface area contributed by atoms with Crippen LogP contribution in [0.5, 0.6) is 0 Å². The molecule has 2 aromatic carbocycles. The van der Waals surface area contributed by atoms with E-state index in [9.17, 15) is 4.79 Å². The van der Waals surface area contributed by atoms with Crippen LogP contribution in [0.3, 0.4) is 0 Å². The van der Waals surface area contributed by atoms with Gasteiger partial charge in [-0.15, -0.1) is 10.2 Å². The van der Waals surface area contributed by atoms with Gasteiger partial charge in [0.2, 0.25) is 5.13 Å². The number of anilines is 2. The molecular weight excluding hydrogens is 344 g/mol. The lowest BCUT2D eigenvalue weighted by Gasteiger charge is -2.07. The third-order valence-corrected chi connectivity index (χ3v) is 4.71. The number of nitrogens with one attached hydrogen (secondary N) is 2. The van der Waals surface area contributed by atoms with Crippen molar-refractivity contribution in [3.63, 3.8) is 0 Å². The molecule has 1 heterocycles. The normalized spacial score (nSPS) is 11.8. The fraction of sp³-hybridized carbons (Fsp3) is 0.118. The molecule has 0 aliphatic carbocycles. The third kappa shape index (κ3) is 4.10. The van der Waals surface area contributed by atoms with Crippen LogP contribution in [0.15, 0.2) is 54.6 Å². The highest BCUT2D eigenvalue weighted by atomic mass is 35.5. The molecule has 24 heavy (non-hydrogen) atoms. The fourth-order valence-electron chi connectivity index (χ4n) is 2.14. The molecule has 0 radical (unpaired) electrons. The fourth-order valence-corrected chi connectivity index (χ4v) is 3.08. The molecule has 2 N–H and O–H groups in total. The quantitative estimate of drug-likeness (QED) is 0.690. The molecule has 1 atom stereocenters. The van der Waals surface area contributed by atoms with Gasteiger partial charge in [-0.2, -0.15) is 0 Å². The van der Waals surface area contributed by atoms with Crippen LogP contribution >= 0.6 is 22.9 Å². The predicted molar refractivity (Wildman–Crippen MR) is 98.0 cm³/mol. The Morgan fingerprint density at radius 1 is 1.04 bits per heavy atom. The lowest BCUT2D eigenvalue weighted by molar-refractivity contribution is 0.262. The van der Waals surface area contributed by atoms with E-state index in [1.54, 1.807) is 24.3 Å². The van der Waals surface area contributed by atoms with E-state index in [1.165, 1.54) is 11.3 Å². The van der Waals surface area contributed by atoms with E-state index >= 15 is 0 Å². The zero-order valence-corrected chi connectivity index (χ0v) is 14.4. The number of rotatable bonds is 4. The van der Waals surface area contributed by atoms with Gasteiger partial charge < -0.3 is 5.32 Å². The maximum Gasteiger partial charge on any atom is 0.325 e. The summed E-state index contributed by atoms with van der Waals surface area (Å²) in [5, 5.41) is 15.5. The molecular formula is C17H15ClN4OS. The number of urea groups is 1. The Kier molecular flexibility index (Phi) is 5.08. The topological polar surface area (TPSA) is 66.9 Å². The lowest BCUT2D eigenvalue weighted by atomic mass is 10.0. The lowest BCUT2D eigenvalue weighted by Crippen LogP contribution is -2.19. The standard InChI is InChI=1S/C17H15ClN4OS/c1-11(12-5-3-2-4-6-12)15-21-22-17(24-15)20-16(23)19-14-9-7-13(18)8-10-14/h2-11H,1H3,(H2,19,20,22,23)/t11-/m1/s1. The van der Waals surface area contributed by atoms with Gasteiger partial charge in [-0.1, -0.05) is 60.2 Å². The maximum absolute atomic E-state index is 12.0. The number of hydrogen-bond donors (Lipinski definition) is 2. The molecule has 0 saturated heterocycles. The Morgan fingerprint density at radius 2 is 1.75 bits per heavy atom. The van der Waals surface area contributed by atoms with Crippen molar-refractivity contribution in [2.24, 2.45) is 0 Å². The number of amides is 2. The van der Waals surface area contributed by atoms with Gasteiger partial charge in [-0.3, -0.25) is 5.32 Å². The van der Waals surface area contributed by atoms with Gasteiger partial charge in [0.1, 0.15) is 5.01 Å². The Balaban J connectivity index is 1.63. The van der Waals surface area contributed by atoms with Crippen LogP contribution in [0, 0.1) is 0 Å². The van der Waals surface area contributed by atoms with E-state index < -0.39 is 0 Å². The summed E-state index contributed by atoms with van der Waals surface area (Å²) in [6.07, 6.45) is 0. The van der Waals surface area contributed by atoms with Crippen LogP contribution in [0.2, 0.25) is 5.02 Å². The maximum atomic E-state index is 12.0. The van der Waals surface area contributed by atoms with Gasteiger partial charge in [0.15, 0.2) is 0 Å². The first-order valence-electron chi connectivity index (χ1n) is 7.34. The van der Waals surface area contributed by atoms with Gasteiger partial charge >= 0.3 is 6.03 Å². The molecule has 0 saturated carbocycles. The Hall–Kier alpha value is -2.44. The minimum absolute atomic E-state index is 0.124. The molecule has 3 aromatic rings. The highest BCUT2D eigenvalue weighted by molar-refractivity contribution is 7.15. The molecule has 122 valence electrons. The third-order valence-electron chi connectivity index (χ3n) is 3.43. The molecule has 0 aliphatic heterocycles. The van der Waals surface area contributed by atoms with E-state index in [2.05, 4.69) is 27.8 Å². The summed E-state index contributed by atoms with van der Waals surface area (Å²) in [5.41, 5.74) is 1.81. The van der Waals surface area contributed by atoms with Crippen molar-refractivity contribution >= 4 is 39.8 Å². The van der Waals surface area contributed by atoms with Crippen LogP contribution in [-0.2, 0) is 0 Å². The molecule has 7 heteroatoms. The Morgan fingerprint density at radius 3 is 2.46 bits per heavy atom. The predicted octanol–water partition coefficient (Wildman–Crippen LogP) is 4.99. The summed E-state index contributed by atoms with van der Waals surface area (Å²) >= 11 is 7.18. The highest BCUT2D eigenvalue weighted by Gasteiger charge is 2.15. The van der Waals surface area contributed by atoms with Gasteiger partial charge in [0, 0.05) is 16.6 Å². The van der Waals surface area contributed by atoms with E-state index in [1.807, 2.05) is 30.3 Å². The molecule has 5 nitrogen and oxygen atoms in total. The van der Waals surface area contributed by atoms with E-state index in [-0.39, 0.29) is 11.9 Å². The molecule has 1 aromatic heterocycles. The van der Waals surface area contributed by atoms with Crippen LogP contribution in [0.4, 0.5) is 15.6 Å². The summed E-state index contributed by atoms with van der Waals surface area (Å²) in [6, 6.07) is 16.6. The molecule has 2 amide bonds. The van der Waals surface area contributed by atoms with Crippen molar-refractivity contribution in [3.8, 4) is 0 Å². The van der Waals surface area contributed by atoms with E-state index in [0.29, 0.717) is 15.8 Å². The van der Waals surface area contributed by atoms with Crippen LogP contribution < -0.4 is 10.6 Å². The Labute approximate surface area is 148 Å². The monoisotopic (exact) mass is 358 g/mol. The Bertz CT molecular complexity index is 820. The number of carbonyl (C=O) groups is 1. The van der Waals surface area contributed by atoms with Crippen LogP contribution in [0.1, 0.15) is 23.4 Å². The van der Waals surface area contributed by atoms with Crippen LogP contribution in [-0.4, -0.2) is 16.2 Å². The van der Waals surface area contributed by atoms with Gasteiger partial charge in [-0.05, 0) is 29.8 Å². The molecule has 0 fully saturated rings. The summed E-state index contributed by atoms with van der Waals surface area (Å²) in [5.74, 6) is 0.124. The number of aromatic nitrogens is 2. The zero-order chi connectivity index (χ0) is 16.9. The summed E-state index contributed by atoms with van der Waals surface area (Å²) in [6.45, 7) is 2.06. The molecule has 0 aliphatic rings. The van der Waals surface area contributed by atoms with Crippen molar-refractivity contribution in [2.75, 3.05) is 10.6 Å². The van der Waals surface area contributed by atoms with E-state index in [0.717, 1.165) is 10.6 Å². The molecule has 3 rings (SSSR count). The van der Waals surface area contributed by atoms with Crippen molar-refractivity contribution in [2.45, 2.75) is 12.8 Å². The number of hydrogen-bond acceptors (Lipinski definition) is 4. The number of carbonyl (C=O) groups excluding carboxylic acids is 1.